The van der Waals surface area contributed by atoms with Gasteiger partial charge >= 0.3 is 0 Å². The van der Waals surface area contributed by atoms with Gasteiger partial charge < -0.3 is 15.0 Å². The van der Waals surface area contributed by atoms with Crippen LogP contribution >= 0.6 is 0 Å². The van der Waals surface area contributed by atoms with Crippen LogP contribution in [0.4, 0.5) is 0 Å². The number of likely N-dealkylation sites (tertiary alicyclic amines) is 2. The molecule has 22 heavy (non-hydrogen) atoms. The number of amides is 2. The summed E-state index contributed by atoms with van der Waals surface area (Å²) in [6, 6.07) is -0.0268. The lowest BCUT2D eigenvalue weighted by Crippen LogP contribution is -2.44. The molecule has 2 aliphatic rings. The zero-order chi connectivity index (χ0) is 15.9. The van der Waals surface area contributed by atoms with Crippen LogP contribution in [0.2, 0.25) is 0 Å². The van der Waals surface area contributed by atoms with E-state index in [2.05, 4.69) is 10.2 Å². The summed E-state index contributed by atoms with van der Waals surface area (Å²) < 4.78 is 4.92. The minimum atomic E-state index is -0.0918. The van der Waals surface area contributed by atoms with E-state index in [4.69, 9.17) is 4.74 Å². The molecule has 2 fully saturated rings. The molecule has 1 N–H and O–H groups in total. The van der Waals surface area contributed by atoms with E-state index in [1.54, 1.807) is 7.11 Å². The zero-order valence-electron chi connectivity index (χ0n) is 13.8. The molecule has 0 aromatic rings. The van der Waals surface area contributed by atoms with Gasteiger partial charge in [0.25, 0.3) is 0 Å². The average Bonchev–Trinajstić information content (AvgIpc) is 2.71. The molecule has 2 aliphatic heterocycles. The Labute approximate surface area is 133 Å². The summed E-state index contributed by atoms with van der Waals surface area (Å²) in [6.07, 6.45) is 5.76. The smallest absolute Gasteiger partial charge is 0.239 e. The van der Waals surface area contributed by atoms with Gasteiger partial charge in [-0.15, -0.1) is 0 Å². The van der Waals surface area contributed by atoms with E-state index in [0.29, 0.717) is 19.4 Å². The Bertz CT molecular complexity index is 381. The van der Waals surface area contributed by atoms with Crippen LogP contribution < -0.4 is 5.32 Å². The second kappa shape index (κ2) is 8.48. The lowest BCUT2D eigenvalue weighted by molar-refractivity contribution is -0.135. The average molecular weight is 311 g/mol. The minimum Gasteiger partial charge on any atom is -0.384 e. The van der Waals surface area contributed by atoms with Crippen LogP contribution in [0.3, 0.4) is 0 Å². The summed E-state index contributed by atoms with van der Waals surface area (Å²) in [5, 5.41) is 3.01. The highest BCUT2D eigenvalue weighted by Gasteiger charge is 2.37. The van der Waals surface area contributed by atoms with E-state index in [1.165, 1.54) is 12.8 Å². The van der Waals surface area contributed by atoms with Gasteiger partial charge in [-0.25, -0.2) is 0 Å². The molecule has 2 atom stereocenters. The summed E-state index contributed by atoms with van der Waals surface area (Å²) in [5.41, 5.74) is 0. The Morgan fingerprint density at radius 2 is 1.86 bits per heavy atom. The predicted octanol–water partition coefficient (Wildman–Crippen LogP) is 0.614. The maximum absolute atomic E-state index is 12.7. The SMILES string of the molecule is COCCC(=O)N[C@H]1C[C@@H](C(=O)N2CCCCCC2)N(C)C1. The van der Waals surface area contributed by atoms with Gasteiger partial charge in [-0.05, 0) is 26.3 Å². The highest BCUT2D eigenvalue weighted by atomic mass is 16.5. The summed E-state index contributed by atoms with van der Waals surface area (Å²) in [5.74, 6) is 0.237. The lowest BCUT2D eigenvalue weighted by atomic mass is 10.1. The molecular weight excluding hydrogens is 282 g/mol. The van der Waals surface area contributed by atoms with E-state index in [0.717, 1.165) is 32.5 Å². The number of nitrogens with zero attached hydrogens (tertiary/aromatic N) is 2. The number of methoxy groups -OCH3 is 1. The van der Waals surface area contributed by atoms with Crippen molar-refractivity contribution in [3.8, 4) is 0 Å². The van der Waals surface area contributed by atoms with Crippen LogP contribution in [0, 0.1) is 0 Å². The molecule has 0 aromatic carbocycles. The van der Waals surface area contributed by atoms with Crippen LogP contribution in [-0.2, 0) is 14.3 Å². The van der Waals surface area contributed by atoms with Crippen molar-refractivity contribution >= 4 is 11.8 Å². The molecular formula is C16H29N3O3. The first kappa shape index (κ1) is 17.2. The van der Waals surface area contributed by atoms with E-state index in [9.17, 15) is 9.59 Å². The maximum Gasteiger partial charge on any atom is 0.239 e. The number of carbonyl (C=O) groups excluding carboxylic acids is 2. The standard InChI is InChI=1S/C16H29N3O3/c1-18-12-13(17-15(20)7-10-22-2)11-14(18)16(21)19-8-5-3-4-6-9-19/h13-14H,3-12H2,1-2H3,(H,17,20)/t13-,14-/m0/s1. The zero-order valence-corrected chi connectivity index (χ0v) is 13.8. The Hall–Kier alpha value is -1.14. The van der Waals surface area contributed by atoms with Crippen molar-refractivity contribution in [2.24, 2.45) is 0 Å². The van der Waals surface area contributed by atoms with E-state index in [1.807, 2.05) is 11.9 Å². The molecule has 2 rings (SSSR count). The lowest BCUT2D eigenvalue weighted by Gasteiger charge is -2.27. The summed E-state index contributed by atoms with van der Waals surface area (Å²) in [6.45, 7) is 2.94. The third-order valence-corrected chi connectivity index (χ3v) is 4.65. The fourth-order valence-corrected chi connectivity index (χ4v) is 3.39. The third-order valence-electron chi connectivity index (χ3n) is 4.65. The van der Waals surface area contributed by atoms with Crippen molar-refractivity contribution in [2.45, 2.75) is 50.6 Å². The van der Waals surface area contributed by atoms with Gasteiger partial charge in [0.15, 0.2) is 0 Å². The van der Waals surface area contributed by atoms with Gasteiger partial charge in [0.05, 0.1) is 12.6 Å². The largest absolute Gasteiger partial charge is 0.384 e. The number of carbonyl (C=O) groups is 2. The Morgan fingerprint density at radius 3 is 2.50 bits per heavy atom. The molecule has 2 saturated heterocycles. The maximum atomic E-state index is 12.7. The van der Waals surface area contributed by atoms with Crippen molar-refractivity contribution in [2.75, 3.05) is 40.4 Å². The minimum absolute atomic E-state index is 0.00289. The molecule has 0 bridgehead atoms. The topological polar surface area (TPSA) is 61.9 Å². The quantitative estimate of drug-likeness (QED) is 0.808. The molecule has 0 spiro atoms. The predicted molar refractivity (Wildman–Crippen MR) is 84.5 cm³/mol. The highest BCUT2D eigenvalue weighted by Crippen LogP contribution is 2.20. The number of rotatable bonds is 5. The van der Waals surface area contributed by atoms with Crippen LogP contribution in [-0.4, -0.2) is 74.1 Å². The van der Waals surface area contributed by atoms with Crippen LogP contribution in [0.1, 0.15) is 38.5 Å². The van der Waals surface area contributed by atoms with Crippen molar-refractivity contribution in [3.63, 3.8) is 0 Å². The molecule has 2 amide bonds. The fraction of sp³-hybridized carbons (Fsp3) is 0.875. The molecule has 0 saturated carbocycles. The Balaban J connectivity index is 1.84. The van der Waals surface area contributed by atoms with Gasteiger partial charge in [-0.3, -0.25) is 14.5 Å². The van der Waals surface area contributed by atoms with Gasteiger partial charge in [0.1, 0.15) is 0 Å². The highest BCUT2D eigenvalue weighted by molar-refractivity contribution is 5.83. The Morgan fingerprint density at radius 1 is 1.18 bits per heavy atom. The van der Waals surface area contributed by atoms with E-state index < -0.39 is 0 Å². The molecule has 0 radical (unpaired) electrons. The molecule has 126 valence electrons. The van der Waals surface area contributed by atoms with Gasteiger partial charge in [0, 0.05) is 39.2 Å². The number of hydrogen-bond acceptors (Lipinski definition) is 4. The first-order valence-electron chi connectivity index (χ1n) is 8.39. The number of likely N-dealkylation sites (N-methyl/N-ethyl adjacent to an activating group) is 1. The summed E-state index contributed by atoms with van der Waals surface area (Å²) in [7, 11) is 3.56. The monoisotopic (exact) mass is 311 g/mol. The van der Waals surface area contributed by atoms with Gasteiger partial charge in [-0.2, -0.15) is 0 Å². The van der Waals surface area contributed by atoms with Crippen molar-refractivity contribution < 1.29 is 14.3 Å². The summed E-state index contributed by atoms with van der Waals surface area (Å²) >= 11 is 0. The molecule has 0 unspecified atom stereocenters. The van der Waals surface area contributed by atoms with Crippen molar-refractivity contribution in [3.05, 3.63) is 0 Å². The van der Waals surface area contributed by atoms with Crippen molar-refractivity contribution in [1.82, 2.24) is 15.1 Å². The van der Waals surface area contributed by atoms with E-state index >= 15 is 0 Å². The van der Waals surface area contributed by atoms with Gasteiger partial charge in [0.2, 0.25) is 11.8 Å². The van der Waals surface area contributed by atoms with Crippen LogP contribution in [0.25, 0.3) is 0 Å². The van der Waals surface area contributed by atoms with Gasteiger partial charge in [-0.1, -0.05) is 12.8 Å². The van der Waals surface area contributed by atoms with E-state index in [-0.39, 0.29) is 23.9 Å². The van der Waals surface area contributed by atoms with Crippen molar-refractivity contribution in [1.29, 1.82) is 0 Å². The molecule has 6 nitrogen and oxygen atoms in total. The second-order valence-electron chi connectivity index (χ2n) is 6.44. The molecule has 0 aromatic heterocycles. The summed E-state index contributed by atoms with van der Waals surface area (Å²) in [4.78, 5) is 28.6. The molecule has 0 aliphatic carbocycles. The number of nitrogens with one attached hydrogen (secondary N) is 1. The molecule has 6 heteroatoms. The molecule has 2 heterocycles. The van der Waals surface area contributed by atoms with Crippen LogP contribution in [0.5, 0.6) is 0 Å². The fourth-order valence-electron chi connectivity index (χ4n) is 3.39. The number of hydrogen-bond donors (Lipinski definition) is 1. The van der Waals surface area contributed by atoms with Crippen LogP contribution in [0.15, 0.2) is 0 Å². The Kier molecular flexibility index (Phi) is 6.64. The number of ether oxygens (including phenoxy) is 1. The first-order valence-corrected chi connectivity index (χ1v) is 8.39. The third kappa shape index (κ3) is 4.68. The normalized spacial score (nSPS) is 26.7. The second-order valence-corrected chi connectivity index (χ2v) is 6.44. The first-order chi connectivity index (χ1) is 10.6.